The number of aliphatic carboxylic acids is 1. The Balaban J connectivity index is 1.56. The van der Waals surface area contributed by atoms with Gasteiger partial charge in [0.2, 0.25) is 5.91 Å². The molecule has 0 aliphatic carbocycles. The van der Waals surface area contributed by atoms with E-state index < -0.39 is 16.8 Å². The molecule has 146 valence electrons. The molecule has 0 saturated carbocycles. The van der Waals surface area contributed by atoms with Crippen LogP contribution in [0.25, 0.3) is 0 Å². The molecule has 1 aromatic carbocycles. The predicted molar refractivity (Wildman–Crippen MR) is 96.6 cm³/mol. The largest absolute Gasteiger partial charge is 0.481 e. The van der Waals surface area contributed by atoms with Crippen molar-refractivity contribution in [3.05, 3.63) is 38.9 Å². The number of amides is 1. The van der Waals surface area contributed by atoms with Crippen LogP contribution < -0.4 is 0 Å². The molecule has 1 unspecified atom stereocenters. The standard InChI is InChI=1S/C18H21ClN2O6/c19-15-10-13(21(25)26)2-1-12(15)9-16(22)20-6-3-11(4-7-20)17-14(18(23)24)5-8-27-17/h1-2,10-11,14,17H,3-9H2,(H,23,24)/t14?,17-/m0/s1. The first-order valence-corrected chi connectivity index (χ1v) is 9.29. The number of carboxylic acid groups (broad SMARTS) is 1. The van der Waals surface area contributed by atoms with Crippen LogP contribution in [-0.2, 0) is 20.7 Å². The smallest absolute Gasteiger partial charge is 0.309 e. The molecule has 0 bridgehead atoms. The Kier molecular flexibility index (Phi) is 5.96. The summed E-state index contributed by atoms with van der Waals surface area (Å²) in [4.78, 5) is 35.8. The fourth-order valence-corrected chi connectivity index (χ4v) is 4.13. The summed E-state index contributed by atoms with van der Waals surface area (Å²) >= 11 is 6.06. The monoisotopic (exact) mass is 396 g/mol. The summed E-state index contributed by atoms with van der Waals surface area (Å²) in [6.07, 6.45) is 1.75. The van der Waals surface area contributed by atoms with Crippen LogP contribution >= 0.6 is 11.6 Å². The van der Waals surface area contributed by atoms with Crippen molar-refractivity contribution in [1.29, 1.82) is 0 Å². The lowest BCUT2D eigenvalue weighted by molar-refractivity contribution is -0.384. The van der Waals surface area contributed by atoms with Gasteiger partial charge in [0.1, 0.15) is 0 Å². The summed E-state index contributed by atoms with van der Waals surface area (Å²) < 4.78 is 5.65. The number of nitro benzene ring substituents is 1. The van der Waals surface area contributed by atoms with E-state index >= 15 is 0 Å². The van der Waals surface area contributed by atoms with Crippen molar-refractivity contribution in [2.45, 2.75) is 31.8 Å². The molecule has 9 heteroatoms. The first kappa shape index (κ1) is 19.6. The normalized spacial score (nSPS) is 23.4. The van der Waals surface area contributed by atoms with Crippen LogP contribution in [0.5, 0.6) is 0 Å². The Labute approximate surface area is 161 Å². The van der Waals surface area contributed by atoms with Crippen molar-refractivity contribution in [3.8, 4) is 0 Å². The van der Waals surface area contributed by atoms with Crippen molar-refractivity contribution >= 4 is 29.2 Å². The number of carbonyl (C=O) groups excluding carboxylic acids is 1. The van der Waals surface area contributed by atoms with E-state index in [9.17, 15) is 24.8 Å². The highest BCUT2D eigenvalue weighted by Crippen LogP contribution is 2.33. The third-order valence-corrected chi connectivity index (χ3v) is 5.75. The molecule has 2 aliphatic heterocycles. The summed E-state index contributed by atoms with van der Waals surface area (Å²) in [7, 11) is 0. The zero-order chi connectivity index (χ0) is 19.6. The lowest BCUT2D eigenvalue weighted by Gasteiger charge is -2.35. The third-order valence-electron chi connectivity index (χ3n) is 5.40. The third kappa shape index (κ3) is 4.39. The van der Waals surface area contributed by atoms with Gasteiger partial charge < -0.3 is 14.7 Å². The summed E-state index contributed by atoms with van der Waals surface area (Å²) in [6, 6.07) is 4.10. The molecule has 1 aromatic rings. The van der Waals surface area contributed by atoms with Crippen LogP contribution in [0.1, 0.15) is 24.8 Å². The fourth-order valence-electron chi connectivity index (χ4n) is 3.89. The van der Waals surface area contributed by atoms with Crippen LogP contribution in [0.2, 0.25) is 5.02 Å². The van der Waals surface area contributed by atoms with E-state index in [1.54, 1.807) is 4.90 Å². The number of carboxylic acids is 1. The van der Waals surface area contributed by atoms with Gasteiger partial charge in [0, 0.05) is 31.8 Å². The lowest BCUT2D eigenvalue weighted by Crippen LogP contribution is -2.43. The topological polar surface area (TPSA) is 110 Å². The molecule has 2 heterocycles. The van der Waals surface area contributed by atoms with Gasteiger partial charge in [0.05, 0.1) is 28.4 Å². The number of carbonyl (C=O) groups is 2. The molecule has 2 atom stereocenters. The SMILES string of the molecule is O=C(O)C1CCO[C@H]1C1CCN(C(=O)Cc2ccc([N+](=O)[O-])cc2Cl)CC1. The second-order valence-electron chi connectivity index (χ2n) is 7.00. The number of rotatable bonds is 5. The minimum absolute atomic E-state index is 0.0825. The van der Waals surface area contributed by atoms with Crippen LogP contribution in [-0.4, -0.2) is 52.6 Å². The maximum absolute atomic E-state index is 12.5. The van der Waals surface area contributed by atoms with Gasteiger partial charge in [-0.1, -0.05) is 17.7 Å². The zero-order valence-corrected chi connectivity index (χ0v) is 15.4. The van der Waals surface area contributed by atoms with Gasteiger partial charge in [0.25, 0.3) is 5.69 Å². The van der Waals surface area contributed by atoms with Crippen LogP contribution in [0.3, 0.4) is 0 Å². The Morgan fingerprint density at radius 1 is 1.30 bits per heavy atom. The van der Waals surface area contributed by atoms with E-state index in [2.05, 4.69) is 0 Å². The number of hydrogen-bond donors (Lipinski definition) is 1. The number of likely N-dealkylation sites (tertiary alicyclic amines) is 1. The van der Waals surface area contributed by atoms with E-state index in [0.29, 0.717) is 44.5 Å². The van der Waals surface area contributed by atoms with Gasteiger partial charge in [-0.25, -0.2) is 0 Å². The van der Waals surface area contributed by atoms with Crippen molar-refractivity contribution in [2.75, 3.05) is 19.7 Å². The first-order chi connectivity index (χ1) is 12.9. The highest BCUT2D eigenvalue weighted by molar-refractivity contribution is 6.31. The van der Waals surface area contributed by atoms with Gasteiger partial charge in [-0.2, -0.15) is 0 Å². The number of nitro groups is 1. The van der Waals surface area contributed by atoms with Crippen molar-refractivity contribution in [1.82, 2.24) is 4.90 Å². The average molecular weight is 397 g/mol. The molecule has 0 spiro atoms. The molecule has 0 aromatic heterocycles. The number of benzene rings is 1. The number of piperidine rings is 1. The first-order valence-electron chi connectivity index (χ1n) is 8.92. The minimum atomic E-state index is -0.816. The van der Waals surface area contributed by atoms with Gasteiger partial charge in [-0.3, -0.25) is 19.7 Å². The fraction of sp³-hybridized carbons (Fsp3) is 0.556. The minimum Gasteiger partial charge on any atom is -0.481 e. The van der Waals surface area contributed by atoms with E-state index in [-0.39, 0.29) is 35.1 Å². The molecule has 1 amide bonds. The molecule has 8 nitrogen and oxygen atoms in total. The number of hydrogen-bond acceptors (Lipinski definition) is 5. The molecule has 2 fully saturated rings. The second-order valence-corrected chi connectivity index (χ2v) is 7.40. The molecule has 2 saturated heterocycles. The molecule has 3 rings (SSSR count). The van der Waals surface area contributed by atoms with Crippen LogP contribution in [0.15, 0.2) is 18.2 Å². The van der Waals surface area contributed by atoms with Crippen molar-refractivity contribution in [3.63, 3.8) is 0 Å². The molecular weight excluding hydrogens is 376 g/mol. The maximum Gasteiger partial charge on any atom is 0.309 e. The Morgan fingerprint density at radius 3 is 2.59 bits per heavy atom. The summed E-state index contributed by atoms with van der Waals surface area (Å²) in [6.45, 7) is 1.56. The second kappa shape index (κ2) is 8.22. The predicted octanol–water partition coefficient (Wildman–Crippen LogP) is 2.52. The summed E-state index contributed by atoms with van der Waals surface area (Å²) in [5.74, 6) is -1.23. The molecule has 1 N–H and O–H groups in total. The summed E-state index contributed by atoms with van der Waals surface area (Å²) in [5.41, 5.74) is 0.445. The number of ether oxygens (including phenoxy) is 1. The Bertz CT molecular complexity index is 747. The van der Waals surface area contributed by atoms with Gasteiger partial charge in [-0.05, 0) is 30.7 Å². The highest BCUT2D eigenvalue weighted by Gasteiger charge is 2.40. The van der Waals surface area contributed by atoms with Gasteiger partial charge >= 0.3 is 5.97 Å². The number of nitrogens with zero attached hydrogens (tertiary/aromatic N) is 2. The zero-order valence-electron chi connectivity index (χ0n) is 14.7. The lowest BCUT2D eigenvalue weighted by atomic mass is 9.84. The van der Waals surface area contributed by atoms with Crippen molar-refractivity contribution in [2.24, 2.45) is 11.8 Å². The number of halogens is 1. The highest BCUT2D eigenvalue weighted by atomic mass is 35.5. The summed E-state index contributed by atoms with van der Waals surface area (Å²) in [5, 5.41) is 20.3. The quantitative estimate of drug-likeness (QED) is 0.604. The molecule has 2 aliphatic rings. The number of non-ortho nitro benzene ring substituents is 1. The Morgan fingerprint density at radius 2 is 2.00 bits per heavy atom. The average Bonchev–Trinajstić information content (AvgIpc) is 3.13. The van der Waals surface area contributed by atoms with Crippen molar-refractivity contribution < 1.29 is 24.4 Å². The van der Waals surface area contributed by atoms with Gasteiger partial charge in [-0.15, -0.1) is 0 Å². The van der Waals surface area contributed by atoms with E-state index in [0.717, 1.165) is 0 Å². The Hall–Kier alpha value is -2.19. The molecular formula is C18H21ClN2O6. The molecule has 27 heavy (non-hydrogen) atoms. The van der Waals surface area contributed by atoms with Crippen LogP contribution in [0, 0.1) is 22.0 Å². The molecule has 0 radical (unpaired) electrons. The van der Waals surface area contributed by atoms with E-state index in [1.807, 2.05) is 0 Å². The van der Waals surface area contributed by atoms with E-state index in [4.69, 9.17) is 16.3 Å². The van der Waals surface area contributed by atoms with E-state index in [1.165, 1.54) is 18.2 Å². The van der Waals surface area contributed by atoms with Crippen LogP contribution in [0.4, 0.5) is 5.69 Å². The van der Waals surface area contributed by atoms with Gasteiger partial charge in [0.15, 0.2) is 0 Å². The maximum atomic E-state index is 12.5.